The van der Waals surface area contributed by atoms with Crippen molar-refractivity contribution in [1.82, 2.24) is 15.0 Å². The van der Waals surface area contributed by atoms with E-state index in [1.54, 1.807) is 18.6 Å². The second kappa shape index (κ2) is 3.71. The molecule has 0 fully saturated rings. The van der Waals surface area contributed by atoms with Gasteiger partial charge in [0.1, 0.15) is 10.7 Å². The second-order valence-electron chi connectivity index (χ2n) is 2.71. The van der Waals surface area contributed by atoms with Crippen LogP contribution in [-0.2, 0) is 6.42 Å². The fraction of sp³-hybridized carbons (Fsp3) is 0.222. The van der Waals surface area contributed by atoms with Crippen LogP contribution in [0.5, 0.6) is 5.88 Å². The number of hydrogen-bond donors (Lipinski definition) is 1. The Bertz CT molecular complexity index is 427. The van der Waals surface area contributed by atoms with E-state index in [1.165, 1.54) is 11.3 Å². The molecular formula is C9H9N3OS. The zero-order valence-electron chi connectivity index (χ0n) is 7.64. The summed E-state index contributed by atoms with van der Waals surface area (Å²) in [5.74, 6) is 0.109. The van der Waals surface area contributed by atoms with Gasteiger partial charge in [0.2, 0.25) is 5.88 Å². The van der Waals surface area contributed by atoms with Crippen LogP contribution < -0.4 is 0 Å². The predicted molar refractivity (Wildman–Crippen MR) is 54.2 cm³/mol. The normalized spacial score (nSPS) is 10.4. The topological polar surface area (TPSA) is 58.9 Å². The molecule has 0 aromatic carbocycles. The molecule has 72 valence electrons. The van der Waals surface area contributed by atoms with Gasteiger partial charge in [0, 0.05) is 12.4 Å². The van der Waals surface area contributed by atoms with Crippen LogP contribution >= 0.6 is 11.3 Å². The number of rotatable bonds is 2. The Balaban J connectivity index is 2.43. The average molecular weight is 207 g/mol. The largest absolute Gasteiger partial charge is 0.492 e. The zero-order chi connectivity index (χ0) is 9.97. The van der Waals surface area contributed by atoms with E-state index in [2.05, 4.69) is 15.0 Å². The van der Waals surface area contributed by atoms with Gasteiger partial charge >= 0.3 is 0 Å². The summed E-state index contributed by atoms with van der Waals surface area (Å²) in [6.07, 6.45) is 5.64. The molecule has 0 aliphatic carbocycles. The van der Waals surface area contributed by atoms with Crippen molar-refractivity contribution in [3.05, 3.63) is 23.5 Å². The van der Waals surface area contributed by atoms with Crippen LogP contribution in [0.1, 0.15) is 11.8 Å². The van der Waals surface area contributed by atoms with E-state index in [4.69, 9.17) is 0 Å². The van der Waals surface area contributed by atoms with Crippen molar-refractivity contribution in [1.29, 1.82) is 0 Å². The first-order chi connectivity index (χ1) is 6.81. The molecule has 1 N–H and O–H groups in total. The molecule has 0 spiro atoms. The van der Waals surface area contributed by atoms with Gasteiger partial charge in [-0.05, 0) is 6.42 Å². The highest BCUT2D eigenvalue weighted by Crippen LogP contribution is 2.30. The second-order valence-corrected chi connectivity index (χ2v) is 3.79. The van der Waals surface area contributed by atoms with Gasteiger partial charge in [-0.25, -0.2) is 0 Å². The van der Waals surface area contributed by atoms with E-state index in [-0.39, 0.29) is 5.88 Å². The molecule has 2 aromatic heterocycles. The minimum absolute atomic E-state index is 0.109. The summed E-state index contributed by atoms with van der Waals surface area (Å²) >= 11 is 1.45. The average Bonchev–Trinajstić information content (AvgIpc) is 2.61. The van der Waals surface area contributed by atoms with Crippen molar-refractivity contribution in [2.24, 2.45) is 0 Å². The lowest BCUT2D eigenvalue weighted by atomic mass is 10.4. The van der Waals surface area contributed by atoms with Gasteiger partial charge in [0.25, 0.3) is 0 Å². The van der Waals surface area contributed by atoms with Crippen molar-refractivity contribution in [3.8, 4) is 16.6 Å². The van der Waals surface area contributed by atoms with Gasteiger partial charge in [0.15, 0.2) is 0 Å². The third-order valence-electron chi connectivity index (χ3n) is 1.78. The van der Waals surface area contributed by atoms with E-state index in [0.29, 0.717) is 10.7 Å². The molecule has 0 saturated carbocycles. The van der Waals surface area contributed by atoms with Gasteiger partial charge in [-0.2, -0.15) is 4.98 Å². The first kappa shape index (κ1) is 9.08. The quantitative estimate of drug-likeness (QED) is 0.816. The van der Waals surface area contributed by atoms with E-state index in [1.807, 2.05) is 6.92 Å². The van der Waals surface area contributed by atoms with Crippen molar-refractivity contribution in [2.45, 2.75) is 13.3 Å². The highest BCUT2D eigenvalue weighted by Gasteiger charge is 2.10. The number of thiazole rings is 1. The SMILES string of the molecule is CCc1sc(-c2cnccn2)nc1O. The minimum Gasteiger partial charge on any atom is -0.492 e. The molecule has 0 unspecified atom stereocenters. The lowest BCUT2D eigenvalue weighted by Crippen LogP contribution is -1.81. The van der Waals surface area contributed by atoms with Gasteiger partial charge in [-0.3, -0.25) is 9.97 Å². The molecule has 2 aromatic rings. The summed E-state index contributed by atoms with van der Waals surface area (Å²) in [6, 6.07) is 0. The number of aromatic hydroxyl groups is 1. The van der Waals surface area contributed by atoms with E-state index in [9.17, 15) is 5.11 Å². The highest BCUT2D eigenvalue weighted by atomic mass is 32.1. The predicted octanol–water partition coefficient (Wildman–Crippen LogP) is 1.87. The summed E-state index contributed by atoms with van der Waals surface area (Å²) in [7, 11) is 0. The smallest absolute Gasteiger partial charge is 0.225 e. The molecule has 14 heavy (non-hydrogen) atoms. The van der Waals surface area contributed by atoms with E-state index >= 15 is 0 Å². The van der Waals surface area contributed by atoms with E-state index < -0.39 is 0 Å². The van der Waals surface area contributed by atoms with Crippen LogP contribution in [0.4, 0.5) is 0 Å². The van der Waals surface area contributed by atoms with Crippen LogP contribution in [-0.4, -0.2) is 20.1 Å². The van der Waals surface area contributed by atoms with Crippen LogP contribution in [0, 0.1) is 0 Å². The van der Waals surface area contributed by atoms with Gasteiger partial charge < -0.3 is 5.11 Å². The summed E-state index contributed by atoms with van der Waals surface area (Å²) in [5.41, 5.74) is 0.701. The number of aromatic nitrogens is 3. The maximum absolute atomic E-state index is 9.44. The Morgan fingerprint density at radius 2 is 2.29 bits per heavy atom. The van der Waals surface area contributed by atoms with E-state index in [0.717, 1.165) is 11.3 Å². The summed E-state index contributed by atoms with van der Waals surface area (Å²) < 4.78 is 0. The lowest BCUT2D eigenvalue weighted by Gasteiger charge is -1.90. The van der Waals surface area contributed by atoms with Crippen molar-refractivity contribution in [3.63, 3.8) is 0 Å². The van der Waals surface area contributed by atoms with Crippen LogP contribution in [0.25, 0.3) is 10.7 Å². The number of hydrogen-bond acceptors (Lipinski definition) is 5. The standard InChI is InChI=1S/C9H9N3OS/c1-2-7-8(13)12-9(14-7)6-5-10-3-4-11-6/h3-5,13H,2H2,1H3. The first-order valence-corrected chi connectivity index (χ1v) is 5.08. The van der Waals surface area contributed by atoms with Gasteiger partial charge in [0.05, 0.1) is 11.1 Å². The Hall–Kier alpha value is -1.49. The molecule has 0 amide bonds. The lowest BCUT2D eigenvalue weighted by molar-refractivity contribution is 0.452. The monoisotopic (exact) mass is 207 g/mol. The molecule has 0 radical (unpaired) electrons. The summed E-state index contributed by atoms with van der Waals surface area (Å²) in [4.78, 5) is 13.0. The Kier molecular flexibility index (Phi) is 2.41. The molecule has 0 atom stereocenters. The molecular weight excluding hydrogens is 198 g/mol. The molecule has 0 aliphatic rings. The van der Waals surface area contributed by atoms with Crippen LogP contribution in [0.3, 0.4) is 0 Å². The fourth-order valence-electron chi connectivity index (χ4n) is 1.09. The summed E-state index contributed by atoms with van der Waals surface area (Å²) in [5, 5.41) is 10.2. The molecule has 0 saturated heterocycles. The molecule has 5 heteroatoms. The maximum atomic E-state index is 9.44. The molecule has 4 nitrogen and oxygen atoms in total. The van der Waals surface area contributed by atoms with Crippen molar-refractivity contribution >= 4 is 11.3 Å². The Labute approximate surface area is 85.3 Å². The molecule has 2 heterocycles. The fourth-order valence-corrected chi connectivity index (χ4v) is 1.95. The maximum Gasteiger partial charge on any atom is 0.225 e. The Morgan fingerprint density at radius 3 is 2.86 bits per heavy atom. The highest BCUT2D eigenvalue weighted by molar-refractivity contribution is 7.15. The van der Waals surface area contributed by atoms with Gasteiger partial charge in [-0.15, -0.1) is 11.3 Å². The third-order valence-corrected chi connectivity index (χ3v) is 2.99. The molecule has 2 rings (SSSR count). The first-order valence-electron chi connectivity index (χ1n) is 4.26. The summed E-state index contributed by atoms with van der Waals surface area (Å²) in [6.45, 7) is 1.98. The van der Waals surface area contributed by atoms with Gasteiger partial charge in [-0.1, -0.05) is 6.92 Å². The molecule has 0 bridgehead atoms. The number of aryl methyl sites for hydroxylation is 1. The van der Waals surface area contributed by atoms with Crippen LogP contribution in [0.15, 0.2) is 18.6 Å². The zero-order valence-corrected chi connectivity index (χ0v) is 8.45. The van der Waals surface area contributed by atoms with Crippen molar-refractivity contribution < 1.29 is 5.11 Å². The van der Waals surface area contributed by atoms with Crippen molar-refractivity contribution in [2.75, 3.05) is 0 Å². The number of nitrogens with zero attached hydrogens (tertiary/aromatic N) is 3. The van der Waals surface area contributed by atoms with Crippen LogP contribution in [0.2, 0.25) is 0 Å². The molecule has 0 aliphatic heterocycles. The third kappa shape index (κ3) is 1.58. The minimum atomic E-state index is 0.109. The Morgan fingerprint density at radius 1 is 1.43 bits per heavy atom.